The first-order chi connectivity index (χ1) is 28.7. The van der Waals surface area contributed by atoms with Crippen LogP contribution in [0.15, 0.2) is 91.4 Å². The lowest BCUT2D eigenvalue weighted by Gasteiger charge is -2.22. The minimum Gasteiger partial charge on any atom is -0.382 e. The SMILES string of the molecule is CC(c1nc2c([nH]1)c(N)nc1cc(-n3ccc(-c4cccc(C5CC(=O)N(Cc6nc7c([nH]6)c(N)nc6cc(-n8cccn8)ccc67)C5)c4)n3)ccc12)N1CCCC1=O. The highest BCUT2D eigenvalue weighted by Gasteiger charge is 2.32. The lowest BCUT2D eigenvalue weighted by atomic mass is 9.96. The van der Waals surface area contributed by atoms with E-state index >= 15 is 0 Å². The molecule has 0 radical (unpaired) electrons. The lowest BCUT2D eigenvalue weighted by Crippen LogP contribution is -2.28. The van der Waals surface area contributed by atoms with Gasteiger partial charge < -0.3 is 31.2 Å². The van der Waals surface area contributed by atoms with Crippen LogP contribution in [0.25, 0.3) is 66.5 Å². The van der Waals surface area contributed by atoms with Crippen LogP contribution in [-0.2, 0) is 16.1 Å². The first kappa shape index (κ1) is 34.6. The van der Waals surface area contributed by atoms with E-state index in [1.165, 1.54) is 0 Å². The lowest BCUT2D eigenvalue weighted by molar-refractivity contribution is -0.130. The molecular formula is C43H38N14O2. The minimum absolute atomic E-state index is 0.0115. The fourth-order valence-corrected chi connectivity index (χ4v) is 8.68. The zero-order chi connectivity index (χ0) is 39.9. The van der Waals surface area contributed by atoms with Crippen LogP contribution < -0.4 is 11.5 Å². The molecule has 16 nitrogen and oxygen atoms in total. The van der Waals surface area contributed by atoms with Gasteiger partial charge in [-0.15, -0.1) is 0 Å². The van der Waals surface area contributed by atoms with E-state index in [1.807, 2.05) is 94.5 Å². The quantitative estimate of drug-likeness (QED) is 0.143. The third-order valence-electron chi connectivity index (χ3n) is 11.7. The van der Waals surface area contributed by atoms with Gasteiger partial charge in [-0.2, -0.15) is 10.2 Å². The molecule has 0 bridgehead atoms. The van der Waals surface area contributed by atoms with E-state index in [0.717, 1.165) is 68.5 Å². The molecule has 16 heteroatoms. The number of H-pyrrole nitrogens is 2. The molecule has 2 aliphatic rings. The van der Waals surface area contributed by atoms with Crippen LogP contribution in [0.1, 0.15) is 55.4 Å². The second-order valence-corrected chi connectivity index (χ2v) is 15.4. The summed E-state index contributed by atoms with van der Waals surface area (Å²) in [6, 6.07) is 23.7. The summed E-state index contributed by atoms with van der Waals surface area (Å²) in [5.74, 6) is 2.26. The highest BCUT2D eigenvalue weighted by Crippen LogP contribution is 2.35. The number of nitrogens with two attached hydrogens (primary N) is 2. The van der Waals surface area contributed by atoms with Gasteiger partial charge in [-0.1, -0.05) is 18.2 Å². The summed E-state index contributed by atoms with van der Waals surface area (Å²) in [5.41, 5.74) is 21.5. The van der Waals surface area contributed by atoms with Gasteiger partial charge in [-0.25, -0.2) is 29.3 Å². The Morgan fingerprint density at radius 1 is 0.797 bits per heavy atom. The van der Waals surface area contributed by atoms with E-state index < -0.39 is 0 Å². The molecule has 2 fully saturated rings. The third-order valence-corrected chi connectivity index (χ3v) is 11.7. The fraction of sp³-hybridized carbons (Fsp3) is 0.209. The molecule has 3 aromatic carbocycles. The zero-order valence-corrected chi connectivity index (χ0v) is 32.0. The number of rotatable bonds is 8. The van der Waals surface area contributed by atoms with Crippen LogP contribution in [0.5, 0.6) is 0 Å². The molecular weight excluding hydrogens is 745 g/mol. The summed E-state index contributed by atoms with van der Waals surface area (Å²) in [5, 5.41) is 11.0. The Kier molecular flexibility index (Phi) is 7.76. The number of carbonyl (C=O) groups excluding carboxylic acids is 2. The Balaban J connectivity index is 0.815. The predicted octanol–water partition coefficient (Wildman–Crippen LogP) is 5.94. The largest absolute Gasteiger partial charge is 0.382 e. The normalized spacial score (nSPS) is 16.5. The number of imidazole rings is 2. The number of nitrogens with one attached hydrogen (secondary N) is 2. The molecule has 0 aliphatic carbocycles. The number of nitrogen functional groups attached to an aromatic ring is 2. The summed E-state index contributed by atoms with van der Waals surface area (Å²) in [7, 11) is 0. The number of likely N-dealkylation sites (tertiary alicyclic amines) is 2. The predicted molar refractivity (Wildman–Crippen MR) is 223 cm³/mol. The molecule has 8 heterocycles. The van der Waals surface area contributed by atoms with Crippen molar-refractivity contribution in [1.29, 1.82) is 0 Å². The molecule has 6 N–H and O–H groups in total. The van der Waals surface area contributed by atoms with Crippen LogP contribution in [0.3, 0.4) is 0 Å². The van der Waals surface area contributed by atoms with Gasteiger partial charge in [0, 0.05) is 66.8 Å². The number of benzene rings is 3. The Hall–Kier alpha value is -7.62. The second-order valence-electron chi connectivity index (χ2n) is 15.4. The second kappa shape index (κ2) is 13.2. The Labute approximate surface area is 335 Å². The van der Waals surface area contributed by atoms with Crippen molar-refractivity contribution in [3.05, 3.63) is 109 Å². The van der Waals surface area contributed by atoms with E-state index in [9.17, 15) is 9.59 Å². The highest BCUT2D eigenvalue weighted by atomic mass is 16.2. The number of anilines is 2. The molecule has 2 unspecified atom stereocenters. The van der Waals surface area contributed by atoms with E-state index in [2.05, 4.69) is 32.2 Å². The van der Waals surface area contributed by atoms with Gasteiger partial charge in [0.15, 0.2) is 0 Å². The van der Waals surface area contributed by atoms with E-state index in [-0.39, 0.29) is 23.8 Å². The molecule has 0 spiro atoms. The van der Waals surface area contributed by atoms with Gasteiger partial charge in [-0.05, 0) is 73.5 Å². The number of aromatic amines is 2. The smallest absolute Gasteiger partial charge is 0.223 e. The summed E-state index contributed by atoms with van der Waals surface area (Å²) in [6.07, 6.45) is 7.34. The molecule has 11 rings (SSSR count). The van der Waals surface area contributed by atoms with Crippen LogP contribution in [-0.4, -0.2) is 84.2 Å². The number of nitrogens with zero attached hydrogens (tertiary/aromatic N) is 10. The van der Waals surface area contributed by atoms with E-state index in [0.29, 0.717) is 65.8 Å². The Morgan fingerprint density at radius 3 is 2.27 bits per heavy atom. The summed E-state index contributed by atoms with van der Waals surface area (Å²) >= 11 is 0. The monoisotopic (exact) mass is 782 g/mol. The number of carbonyl (C=O) groups is 2. The number of aromatic nitrogens is 10. The van der Waals surface area contributed by atoms with Gasteiger partial charge in [0.25, 0.3) is 0 Å². The van der Waals surface area contributed by atoms with Crippen molar-refractivity contribution in [3.8, 4) is 22.6 Å². The summed E-state index contributed by atoms with van der Waals surface area (Å²) in [4.78, 5) is 55.3. The van der Waals surface area contributed by atoms with Crippen LogP contribution in [0.2, 0.25) is 0 Å². The van der Waals surface area contributed by atoms with Gasteiger partial charge in [-0.3, -0.25) is 9.59 Å². The van der Waals surface area contributed by atoms with Crippen molar-refractivity contribution in [1.82, 2.24) is 59.3 Å². The van der Waals surface area contributed by atoms with Crippen LogP contribution >= 0.6 is 0 Å². The number of amides is 2. The van der Waals surface area contributed by atoms with Gasteiger partial charge in [0.1, 0.15) is 45.4 Å². The maximum Gasteiger partial charge on any atom is 0.223 e. The fourth-order valence-electron chi connectivity index (χ4n) is 8.68. The zero-order valence-electron chi connectivity index (χ0n) is 32.0. The molecule has 2 amide bonds. The number of fused-ring (bicyclic) bond motifs is 6. The highest BCUT2D eigenvalue weighted by molar-refractivity contribution is 6.07. The van der Waals surface area contributed by atoms with Crippen LogP contribution in [0.4, 0.5) is 11.6 Å². The molecule has 0 saturated carbocycles. The van der Waals surface area contributed by atoms with Gasteiger partial charge >= 0.3 is 0 Å². The Morgan fingerprint density at radius 2 is 1.54 bits per heavy atom. The third kappa shape index (κ3) is 5.82. The minimum atomic E-state index is -0.188. The first-order valence-corrected chi connectivity index (χ1v) is 19.6. The van der Waals surface area contributed by atoms with E-state index in [4.69, 9.17) is 31.5 Å². The van der Waals surface area contributed by atoms with Crippen molar-refractivity contribution in [3.63, 3.8) is 0 Å². The summed E-state index contributed by atoms with van der Waals surface area (Å²) < 4.78 is 3.59. The van der Waals surface area contributed by atoms with Crippen LogP contribution in [0, 0.1) is 0 Å². The standard InChI is InChI=1S/C43H38N14O2/c1-23(55-14-3-7-35(55)58)43-51-38-30-11-9-28(20-33(30)48-42(45)40(38)52-43)57-16-12-31(53-57)25-6-2-5-24(17-25)26-18-36(59)54(21-26)22-34-49-37-29-10-8-27(56-15-4-13-46-56)19-32(29)47-41(44)39(37)50-34/h2,4-6,8-13,15-17,19-20,23,26H,3,7,14,18,21-22H2,1H3,(H2,44,47)(H2,45,48)(H,49,50)(H,51,52). The summed E-state index contributed by atoms with van der Waals surface area (Å²) in [6.45, 7) is 3.59. The average Bonchev–Trinajstić information content (AvgIpc) is 4.10. The first-order valence-electron chi connectivity index (χ1n) is 19.6. The molecule has 6 aromatic heterocycles. The van der Waals surface area contributed by atoms with Crippen molar-refractivity contribution in [2.75, 3.05) is 24.6 Å². The Bertz CT molecular complexity index is 3140. The van der Waals surface area contributed by atoms with E-state index in [1.54, 1.807) is 10.9 Å². The van der Waals surface area contributed by atoms with Crippen molar-refractivity contribution < 1.29 is 9.59 Å². The molecule has 2 atom stereocenters. The topological polar surface area (TPSA) is 211 Å². The molecule has 2 saturated heterocycles. The molecule has 9 aromatic rings. The number of hydrogen-bond donors (Lipinski definition) is 4. The van der Waals surface area contributed by atoms with Gasteiger partial charge in [0.05, 0.1) is 40.7 Å². The molecule has 2 aliphatic heterocycles. The van der Waals surface area contributed by atoms with Crippen molar-refractivity contribution in [2.24, 2.45) is 0 Å². The maximum atomic E-state index is 13.4. The molecule has 292 valence electrons. The molecule has 59 heavy (non-hydrogen) atoms. The van der Waals surface area contributed by atoms with Crippen molar-refractivity contribution >= 4 is 67.3 Å². The van der Waals surface area contributed by atoms with Crippen molar-refractivity contribution in [2.45, 2.75) is 44.7 Å². The van der Waals surface area contributed by atoms with Gasteiger partial charge in [0.2, 0.25) is 11.8 Å². The average molecular weight is 783 g/mol. The number of pyridine rings is 2. The maximum absolute atomic E-state index is 13.4. The number of hydrogen-bond acceptors (Lipinski definition) is 10.